The Morgan fingerprint density at radius 2 is 1.86 bits per heavy atom. The number of carbonyl (C=O) groups excluding carboxylic acids is 1. The third-order valence-electron chi connectivity index (χ3n) is 9.08. The molecule has 3 saturated carbocycles. The highest BCUT2D eigenvalue weighted by molar-refractivity contribution is 6.30. The van der Waals surface area contributed by atoms with Gasteiger partial charge in [0.25, 0.3) is 0 Å². The molecule has 152 valence electrons. The van der Waals surface area contributed by atoms with Crippen molar-refractivity contribution in [3.63, 3.8) is 0 Å². The summed E-state index contributed by atoms with van der Waals surface area (Å²) in [5.74, 6) is 1.29. The number of hydrogen-bond donors (Lipinski definition) is 1. The fraction of sp³-hybridized carbons (Fsp3) is 0.708. The Hall–Kier alpha value is -1.22. The summed E-state index contributed by atoms with van der Waals surface area (Å²) in [6.07, 6.45) is 9.68. The number of fused-ring (bicyclic) bond motifs is 3. The SMILES string of the molecule is CCCC1(C2CC2)NC(=O)N(CC2(C)C3CCC2(C)CC3)c2ccc(Cl)cc21. The van der Waals surface area contributed by atoms with E-state index < -0.39 is 0 Å². The number of amides is 2. The minimum atomic E-state index is -0.234. The number of carbonyl (C=O) groups is 1. The summed E-state index contributed by atoms with van der Waals surface area (Å²) in [6, 6.07) is 6.30. The van der Waals surface area contributed by atoms with Gasteiger partial charge < -0.3 is 5.32 Å². The normalized spacial score (nSPS) is 39.2. The molecule has 1 heterocycles. The zero-order valence-electron chi connectivity index (χ0n) is 17.5. The van der Waals surface area contributed by atoms with Crippen molar-refractivity contribution in [1.29, 1.82) is 0 Å². The molecule has 2 atom stereocenters. The molecule has 4 aliphatic rings. The van der Waals surface area contributed by atoms with Gasteiger partial charge in [0, 0.05) is 17.1 Å². The molecule has 3 fully saturated rings. The van der Waals surface area contributed by atoms with Crippen LogP contribution in [0, 0.1) is 22.7 Å². The lowest BCUT2D eigenvalue weighted by Crippen LogP contribution is -2.60. The Morgan fingerprint density at radius 3 is 2.43 bits per heavy atom. The molecule has 28 heavy (non-hydrogen) atoms. The lowest BCUT2D eigenvalue weighted by atomic mass is 9.68. The lowest BCUT2D eigenvalue weighted by molar-refractivity contribution is 0.131. The molecule has 3 nitrogen and oxygen atoms in total. The lowest BCUT2D eigenvalue weighted by Gasteiger charge is -2.48. The number of hydrogen-bond acceptors (Lipinski definition) is 1. The molecular weight excluding hydrogens is 368 g/mol. The molecule has 5 rings (SSSR count). The van der Waals surface area contributed by atoms with E-state index in [4.69, 9.17) is 11.6 Å². The highest BCUT2D eigenvalue weighted by atomic mass is 35.5. The van der Waals surface area contributed by atoms with Gasteiger partial charge in [-0.25, -0.2) is 4.79 Å². The summed E-state index contributed by atoms with van der Waals surface area (Å²) in [6.45, 7) is 7.93. The zero-order valence-corrected chi connectivity index (χ0v) is 18.2. The van der Waals surface area contributed by atoms with Crippen LogP contribution in [0.2, 0.25) is 5.02 Å². The third kappa shape index (κ3) is 2.44. The fourth-order valence-corrected chi connectivity index (χ4v) is 7.16. The van der Waals surface area contributed by atoms with Gasteiger partial charge in [-0.2, -0.15) is 0 Å². The van der Waals surface area contributed by atoms with E-state index in [9.17, 15) is 4.79 Å². The molecule has 0 aromatic heterocycles. The van der Waals surface area contributed by atoms with Crippen molar-refractivity contribution in [3.05, 3.63) is 28.8 Å². The van der Waals surface area contributed by atoms with Gasteiger partial charge in [0.15, 0.2) is 0 Å². The van der Waals surface area contributed by atoms with Crippen LogP contribution in [0.3, 0.4) is 0 Å². The van der Waals surface area contributed by atoms with Crippen LogP contribution in [-0.4, -0.2) is 12.6 Å². The van der Waals surface area contributed by atoms with Gasteiger partial charge in [-0.1, -0.05) is 38.8 Å². The Bertz CT molecular complexity index is 811. The number of halogens is 1. The van der Waals surface area contributed by atoms with Gasteiger partial charge in [0.05, 0.1) is 11.2 Å². The molecule has 0 saturated heterocycles. The Labute approximate surface area is 174 Å². The van der Waals surface area contributed by atoms with E-state index >= 15 is 0 Å². The van der Waals surface area contributed by atoms with Crippen LogP contribution < -0.4 is 10.2 Å². The second-order valence-electron chi connectivity index (χ2n) is 10.4. The first-order valence-corrected chi connectivity index (χ1v) is 11.6. The smallest absolute Gasteiger partial charge is 0.322 e. The van der Waals surface area contributed by atoms with Gasteiger partial charge in [0.1, 0.15) is 0 Å². The van der Waals surface area contributed by atoms with E-state index in [2.05, 4.69) is 43.1 Å². The van der Waals surface area contributed by atoms with E-state index in [1.54, 1.807) is 0 Å². The van der Waals surface area contributed by atoms with Crippen LogP contribution in [0.4, 0.5) is 10.5 Å². The van der Waals surface area contributed by atoms with Gasteiger partial charge in [-0.15, -0.1) is 0 Å². The minimum absolute atomic E-state index is 0.103. The van der Waals surface area contributed by atoms with E-state index in [0.29, 0.717) is 11.3 Å². The van der Waals surface area contributed by atoms with Crippen LogP contribution in [0.5, 0.6) is 0 Å². The van der Waals surface area contributed by atoms with Crippen molar-refractivity contribution < 1.29 is 4.79 Å². The molecule has 0 spiro atoms. The molecule has 2 bridgehead atoms. The minimum Gasteiger partial charge on any atom is -0.328 e. The van der Waals surface area contributed by atoms with E-state index in [0.717, 1.165) is 36.0 Å². The van der Waals surface area contributed by atoms with Crippen molar-refractivity contribution >= 4 is 23.3 Å². The summed E-state index contributed by atoms with van der Waals surface area (Å²) in [5, 5.41) is 4.28. The number of urea groups is 1. The predicted molar refractivity (Wildman–Crippen MR) is 115 cm³/mol. The molecular formula is C24H33ClN2O. The molecule has 3 aliphatic carbocycles. The number of nitrogens with zero attached hydrogens (tertiary/aromatic N) is 1. The highest BCUT2D eigenvalue weighted by Crippen LogP contribution is 2.66. The molecule has 1 aromatic carbocycles. The van der Waals surface area contributed by atoms with Crippen LogP contribution in [0.1, 0.15) is 77.7 Å². The first kappa shape index (κ1) is 18.8. The summed E-state index contributed by atoms with van der Waals surface area (Å²) < 4.78 is 0. The number of nitrogens with one attached hydrogen (secondary N) is 1. The number of rotatable bonds is 5. The second kappa shape index (κ2) is 6.14. The predicted octanol–water partition coefficient (Wildman–Crippen LogP) is 6.49. The quantitative estimate of drug-likeness (QED) is 0.601. The van der Waals surface area contributed by atoms with E-state index in [-0.39, 0.29) is 17.0 Å². The highest BCUT2D eigenvalue weighted by Gasteiger charge is 2.60. The van der Waals surface area contributed by atoms with Gasteiger partial charge in [0.2, 0.25) is 0 Å². The van der Waals surface area contributed by atoms with Crippen LogP contribution in [-0.2, 0) is 5.54 Å². The van der Waals surface area contributed by atoms with Crippen molar-refractivity contribution in [2.24, 2.45) is 22.7 Å². The van der Waals surface area contributed by atoms with Crippen molar-refractivity contribution in [2.75, 3.05) is 11.4 Å². The standard InChI is InChI=1S/C24H33ClN2O/c1-4-11-24(17-5-6-17)19-14-18(25)7-8-20(19)27(21(28)26-24)15-23(3)16-9-12-22(23,2)13-10-16/h7-8,14,16-17H,4-6,9-13,15H2,1-3H3,(H,26,28). The third-order valence-corrected chi connectivity index (χ3v) is 9.31. The van der Waals surface area contributed by atoms with Crippen molar-refractivity contribution in [2.45, 2.75) is 77.7 Å². The average Bonchev–Trinajstić information content (AvgIpc) is 3.45. The van der Waals surface area contributed by atoms with E-state index in [1.807, 2.05) is 6.07 Å². The first-order valence-electron chi connectivity index (χ1n) is 11.2. The summed E-state index contributed by atoms with van der Waals surface area (Å²) in [4.78, 5) is 15.6. The molecule has 1 N–H and O–H groups in total. The second-order valence-corrected chi connectivity index (χ2v) is 10.9. The molecule has 2 amide bonds. The van der Waals surface area contributed by atoms with Crippen LogP contribution in [0.25, 0.3) is 0 Å². The Morgan fingerprint density at radius 1 is 1.14 bits per heavy atom. The number of anilines is 1. The monoisotopic (exact) mass is 400 g/mol. The fourth-order valence-electron chi connectivity index (χ4n) is 6.99. The topological polar surface area (TPSA) is 32.3 Å². The van der Waals surface area contributed by atoms with Gasteiger partial charge in [-0.05, 0) is 85.8 Å². The van der Waals surface area contributed by atoms with Gasteiger partial charge in [-0.3, -0.25) is 4.90 Å². The largest absolute Gasteiger partial charge is 0.328 e. The zero-order chi connectivity index (χ0) is 19.7. The molecule has 2 unspecified atom stereocenters. The molecule has 4 heteroatoms. The van der Waals surface area contributed by atoms with Crippen LogP contribution in [0.15, 0.2) is 18.2 Å². The maximum Gasteiger partial charge on any atom is 0.322 e. The molecule has 1 aliphatic heterocycles. The maximum atomic E-state index is 13.5. The Balaban J connectivity index is 1.58. The molecule has 1 aromatic rings. The number of benzene rings is 1. The summed E-state index contributed by atoms with van der Waals surface area (Å²) >= 11 is 6.46. The van der Waals surface area contributed by atoms with E-state index in [1.165, 1.54) is 44.1 Å². The van der Waals surface area contributed by atoms with Crippen molar-refractivity contribution in [1.82, 2.24) is 5.32 Å². The summed E-state index contributed by atoms with van der Waals surface area (Å²) in [5.41, 5.74) is 2.68. The Kier molecular flexibility index (Phi) is 4.12. The first-order chi connectivity index (χ1) is 13.3. The van der Waals surface area contributed by atoms with Crippen LogP contribution >= 0.6 is 11.6 Å². The maximum absolute atomic E-state index is 13.5. The summed E-state index contributed by atoms with van der Waals surface area (Å²) in [7, 11) is 0. The van der Waals surface area contributed by atoms with Gasteiger partial charge >= 0.3 is 6.03 Å². The molecule has 0 radical (unpaired) electrons. The van der Waals surface area contributed by atoms with Crippen molar-refractivity contribution in [3.8, 4) is 0 Å². The average molecular weight is 401 g/mol.